The lowest BCUT2D eigenvalue weighted by molar-refractivity contribution is 1.34. The molecule has 0 aliphatic carbocycles. The molecule has 0 aliphatic heterocycles. The van der Waals surface area contributed by atoms with Crippen molar-refractivity contribution in [3.8, 4) is 0 Å². The Balaban J connectivity index is 2.34. The summed E-state index contributed by atoms with van der Waals surface area (Å²) in [7, 11) is 0. The van der Waals surface area contributed by atoms with Crippen molar-refractivity contribution < 1.29 is 0 Å². The van der Waals surface area contributed by atoms with Gasteiger partial charge in [0.1, 0.15) is 0 Å². The Morgan fingerprint density at radius 1 is 0.577 bits per heavy atom. The maximum atomic E-state index is 3.58. The molecule has 0 spiro atoms. The normalized spacial score (nSPS) is 10.9. The fourth-order valence-electron chi connectivity index (χ4n) is 4.43. The van der Waals surface area contributed by atoms with Crippen LogP contribution in [0.25, 0.3) is 0 Å². The summed E-state index contributed by atoms with van der Waals surface area (Å²) in [5.41, 5.74) is 12.4. The van der Waals surface area contributed by atoms with E-state index in [2.05, 4.69) is 106 Å². The number of hydrogen-bond donors (Lipinski definition) is 0. The van der Waals surface area contributed by atoms with Crippen molar-refractivity contribution in [2.45, 2.75) is 41.5 Å². The van der Waals surface area contributed by atoms with E-state index in [1.165, 1.54) is 49.8 Å². The van der Waals surface area contributed by atoms with Gasteiger partial charge in [0.2, 0.25) is 6.71 Å². The average Bonchev–Trinajstić information content (AvgIpc) is 2.52. The second-order valence-electron chi connectivity index (χ2n) is 7.61. The SMILES string of the molecule is Cc1cc(C)c(B(c2ccc(Br)cc2)c2c(C)cc(C)cc2C)c(C)c1. The summed E-state index contributed by atoms with van der Waals surface area (Å²) in [5, 5.41) is 0. The molecule has 0 saturated heterocycles. The van der Waals surface area contributed by atoms with Crippen molar-refractivity contribution in [2.75, 3.05) is 0 Å². The molecule has 2 heteroatoms. The van der Waals surface area contributed by atoms with Crippen LogP contribution in [0.15, 0.2) is 53.0 Å². The lowest BCUT2D eigenvalue weighted by Crippen LogP contribution is -2.55. The van der Waals surface area contributed by atoms with Crippen LogP contribution in [0.2, 0.25) is 0 Å². The number of halogens is 1. The first-order valence-electron chi connectivity index (χ1n) is 9.19. The lowest BCUT2D eigenvalue weighted by Gasteiger charge is -2.24. The van der Waals surface area contributed by atoms with E-state index in [9.17, 15) is 0 Å². The molecule has 0 aliphatic rings. The highest BCUT2D eigenvalue weighted by Crippen LogP contribution is 2.14. The monoisotopic (exact) mass is 404 g/mol. The summed E-state index contributed by atoms with van der Waals surface area (Å²) in [6, 6.07) is 18.1. The van der Waals surface area contributed by atoms with E-state index in [1.54, 1.807) is 0 Å². The molecule has 0 fully saturated rings. The first-order chi connectivity index (χ1) is 12.3. The van der Waals surface area contributed by atoms with Crippen molar-refractivity contribution >= 4 is 39.0 Å². The van der Waals surface area contributed by atoms with Gasteiger partial charge in [-0.15, -0.1) is 0 Å². The van der Waals surface area contributed by atoms with Crippen molar-refractivity contribution in [3.05, 3.63) is 86.4 Å². The molecule has 26 heavy (non-hydrogen) atoms. The molecule has 3 aromatic rings. The molecule has 0 nitrogen and oxygen atoms in total. The Morgan fingerprint density at radius 3 is 1.27 bits per heavy atom. The van der Waals surface area contributed by atoms with Crippen molar-refractivity contribution in [1.82, 2.24) is 0 Å². The highest BCUT2D eigenvalue weighted by Gasteiger charge is 2.28. The zero-order valence-corrected chi connectivity index (χ0v) is 18.2. The second-order valence-corrected chi connectivity index (χ2v) is 8.53. The molecule has 0 N–H and O–H groups in total. The van der Waals surface area contributed by atoms with Gasteiger partial charge in [0.15, 0.2) is 0 Å². The molecule has 0 unspecified atom stereocenters. The van der Waals surface area contributed by atoms with Gasteiger partial charge in [-0.05, 0) is 53.7 Å². The fourth-order valence-corrected chi connectivity index (χ4v) is 4.69. The van der Waals surface area contributed by atoms with E-state index >= 15 is 0 Å². The fraction of sp³-hybridized carbons (Fsp3) is 0.250. The van der Waals surface area contributed by atoms with Gasteiger partial charge in [-0.1, -0.05) is 102 Å². The quantitative estimate of drug-likeness (QED) is 0.549. The van der Waals surface area contributed by atoms with Crippen LogP contribution in [-0.2, 0) is 0 Å². The van der Waals surface area contributed by atoms with E-state index in [1.807, 2.05) is 0 Å². The lowest BCUT2D eigenvalue weighted by atomic mass is 9.34. The zero-order valence-electron chi connectivity index (χ0n) is 16.6. The minimum atomic E-state index is 0.254. The van der Waals surface area contributed by atoms with Gasteiger partial charge in [0, 0.05) is 4.47 Å². The van der Waals surface area contributed by atoms with Crippen LogP contribution in [0, 0.1) is 41.5 Å². The van der Waals surface area contributed by atoms with Gasteiger partial charge < -0.3 is 0 Å². The van der Waals surface area contributed by atoms with Gasteiger partial charge >= 0.3 is 0 Å². The van der Waals surface area contributed by atoms with E-state index in [-0.39, 0.29) is 6.71 Å². The molecule has 0 radical (unpaired) electrons. The highest BCUT2D eigenvalue weighted by molar-refractivity contribution is 9.10. The van der Waals surface area contributed by atoms with E-state index in [4.69, 9.17) is 0 Å². The molecule has 3 aromatic carbocycles. The van der Waals surface area contributed by atoms with Crippen LogP contribution < -0.4 is 16.4 Å². The molecule has 132 valence electrons. The number of aryl methyl sites for hydroxylation is 6. The number of rotatable bonds is 3. The summed E-state index contributed by atoms with van der Waals surface area (Å²) in [6.45, 7) is 13.6. The Labute approximate surface area is 166 Å². The molecule has 0 amide bonds. The average molecular weight is 405 g/mol. The summed E-state index contributed by atoms with van der Waals surface area (Å²) >= 11 is 3.58. The molecule has 0 heterocycles. The van der Waals surface area contributed by atoms with Gasteiger partial charge in [0.05, 0.1) is 0 Å². The molecular weight excluding hydrogens is 379 g/mol. The second kappa shape index (κ2) is 7.44. The van der Waals surface area contributed by atoms with Gasteiger partial charge in [-0.3, -0.25) is 0 Å². The van der Waals surface area contributed by atoms with Crippen LogP contribution >= 0.6 is 15.9 Å². The Kier molecular flexibility index (Phi) is 5.43. The van der Waals surface area contributed by atoms with Crippen LogP contribution in [0.1, 0.15) is 33.4 Å². The minimum absolute atomic E-state index is 0.254. The summed E-state index contributed by atoms with van der Waals surface area (Å²) in [4.78, 5) is 0. The van der Waals surface area contributed by atoms with Gasteiger partial charge in [-0.2, -0.15) is 0 Å². The smallest absolute Gasteiger partial charge is 0.0685 e. The molecule has 0 aromatic heterocycles. The van der Waals surface area contributed by atoms with Crippen molar-refractivity contribution in [1.29, 1.82) is 0 Å². The van der Waals surface area contributed by atoms with Crippen LogP contribution in [-0.4, -0.2) is 6.71 Å². The summed E-state index contributed by atoms with van der Waals surface area (Å²) < 4.78 is 1.12. The number of benzene rings is 3. The van der Waals surface area contributed by atoms with Crippen LogP contribution in [0.4, 0.5) is 0 Å². The third-order valence-corrected chi connectivity index (χ3v) is 5.79. The highest BCUT2D eigenvalue weighted by atomic mass is 79.9. The van der Waals surface area contributed by atoms with Crippen molar-refractivity contribution in [2.24, 2.45) is 0 Å². The molecule has 0 atom stereocenters. The van der Waals surface area contributed by atoms with Crippen molar-refractivity contribution in [3.63, 3.8) is 0 Å². The zero-order chi connectivity index (χ0) is 19.0. The van der Waals surface area contributed by atoms with Crippen LogP contribution in [0.5, 0.6) is 0 Å². The number of hydrogen-bond acceptors (Lipinski definition) is 0. The topological polar surface area (TPSA) is 0 Å². The maximum Gasteiger partial charge on any atom is 0.242 e. The minimum Gasteiger partial charge on any atom is -0.0685 e. The predicted octanol–water partition coefficient (Wildman–Crippen LogP) is 4.82. The largest absolute Gasteiger partial charge is 0.242 e. The first kappa shape index (κ1) is 19.0. The third kappa shape index (κ3) is 3.66. The Morgan fingerprint density at radius 2 is 0.923 bits per heavy atom. The maximum absolute atomic E-state index is 3.58. The van der Waals surface area contributed by atoms with E-state index < -0.39 is 0 Å². The molecule has 3 rings (SSSR count). The summed E-state index contributed by atoms with van der Waals surface area (Å²) in [6.07, 6.45) is 0. The molecule has 0 bridgehead atoms. The Hall–Kier alpha value is -1.80. The standard InChI is InChI=1S/C24H26BBr/c1-15-11-17(3)23(18(4)12-15)25(21-7-9-22(26)10-8-21)24-19(5)13-16(2)14-20(24)6/h7-14H,1-6H3. The van der Waals surface area contributed by atoms with Crippen LogP contribution in [0.3, 0.4) is 0 Å². The van der Waals surface area contributed by atoms with E-state index in [0.29, 0.717) is 0 Å². The third-order valence-electron chi connectivity index (χ3n) is 5.26. The predicted molar refractivity (Wildman–Crippen MR) is 120 cm³/mol. The van der Waals surface area contributed by atoms with E-state index in [0.717, 1.165) is 4.47 Å². The Bertz CT molecular complexity index is 851. The molecular formula is C24H26BBr. The first-order valence-corrected chi connectivity index (χ1v) is 9.98. The van der Waals surface area contributed by atoms with Gasteiger partial charge in [0.25, 0.3) is 0 Å². The van der Waals surface area contributed by atoms with Gasteiger partial charge in [-0.25, -0.2) is 0 Å². The summed E-state index contributed by atoms with van der Waals surface area (Å²) in [5.74, 6) is 0. The molecule has 0 saturated carbocycles.